The smallest absolute Gasteiger partial charge is 0.307 e. The summed E-state index contributed by atoms with van der Waals surface area (Å²) in [6.07, 6.45) is 1.60. The normalized spacial score (nSPS) is 19.1. The summed E-state index contributed by atoms with van der Waals surface area (Å²) in [6, 6.07) is 14.0. The van der Waals surface area contributed by atoms with Gasteiger partial charge < -0.3 is 9.84 Å². The van der Waals surface area contributed by atoms with Gasteiger partial charge in [0.25, 0.3) is 0 Å². The highest BCUT2D eigenvalue weighted by atomic mass is 79.9. The van der Waals surface area contributed by atoms with Crippen molar-refractivity contribution >= 4 is 37.8 Å². The molecule has 1 N–H and O–H groups in total. The third kappa shape index (κ3) is 4.13. The number of hydrogen-bond donors (Lipinski definition) is 1. The summed E-state index contributed by atoms with van der Waals surface area (Å²) in [5, 5.41) is 9.51. The minimum absolute atomic E-state index is 0.0832. The van der Waals surface area contributed by atoms with Gasteiger partial charge in [-0.15, -0.1) is 0 Å². The van der Waals surface area contributed by atoms with E-state index in [4.69, 9.17) is 4.74 Å². The van der Waals surface area contributed by atoms with Crippen LogP contribution in [0.2, 0.25) is 0 Å². The Kier molecular flexibility index (Phi) is 6.37. The number of benzene rings is 2. The molecule has 0 aliphatic carbocycles. The first-order valence-electron chi connectivity index (χ1n) is 8.56. The third-order valence-corrected chi connectivity index (χ3v) is 6.07. The van der Waals surface area contributed by atoms with Crippen molar-refractivity contribution < 1.29 is 14.6 Å². The van der Waals surface area contributed by atoms with Crippen molar-refractivity contribution in [3.63, 3.8) is 0 Å². The summed E-state index contributed by atoms with van der Waals surface area (Å²) in [4.78, 5) is 13.8. The molecule has 0 saturated carbocycles. The van der Waals surface area contributed by atoms with Crippen LogP contribution in [0.4, 0.5) is 0 Å². The lowest BCUT2D eigenvalue weighted by Gasteiger charge is -2.38. The van der Waals surface area contributed by atoms with Gasteiger partial charge in [-0.25, -0.2) is 0 Å². The predicted molar refractivity (Wildman–Crippen MR) is 109 cm³/mol. The van der Waals surface area contributed by atoms with Crippen LogP contribution in [0.25, 0.3) is 0 Å². The summed E-state index contributed by atoms with van der Waals surface area (Å²) in [7, 11) is 1.67. The van der Waals surface area contributed by atoms with Crippen molar-refractivity contribution in [1.82, 2.24) is 4.90 Å². The number of methoxy groups -OCH3 is 1. The maximum atomic E-state index is 11.6. The van der Waals surface area contributed by atoms with Crippen LogP contribution in [0.1, 0.15) is 30.0 Å². The summed E-state index contributed by atoms with van der Waals surface area (Å²) < 4.78 is 7.60. The second-order valence-corrected chi connectivity index (χ2v) is 8.25. The molecule has 2 unspecified atom stereocenters. The maximum absolute atomic E-state index is 11.6. The Bertz CT molecular complexity index is 796. The highest BCUT2D eigenvalue weighted by Gasteiger charge is 2.33. The number of piperidine rings is 1. The van der Waals surface area contributed by atoms with Crippen LogP contribution in [0.5, 0.6) is 5.75 Å². The Balaban J connectivity index is 2.10. The van der Waals surface area contributed by atoms with Crippen molar-refractivity contribution in [3.8, 4) is 5.75 Å². The van der Waals surface area contributed by atoms with Crippen molar-refractivity contribution in [3.05, 3.63) is 62.5 Å². The number of rotatable bonds is 5. The number of likely N-dealkylation sites (tertiary alicyclic amines) is 1. The van der Waals surface area contributed by atoms with Gasteiger partial charge in [-0.1, -0.05) is 50.1 Å². The number of carboxylic acid groups (broad SMARTS) is 1. The molecule has 1 fully saturated rings. The Labute approximate surface area is 170 Å². The van der Waals surface area contributed by atoms with Crippen LogP contribution >= 0.6 is 31.9 Å². The van der Waals surface area contributed by atoms with E-state index in [1.165, 1.54) is 0 Å². The number of hydrogen-bond acceptors (Lipinski definition) is 3. The van der Waals surface area contributed by atoms with Crippen molar-refractivity contribution in [1.29, 1.82) is 0 Å². The minimum Gasteiger partial charge on any atom is -0.496 e. The van der Waals surface area contributed by atoms with Crippen LogP contribution in [0, 0.1) is 5.92 Å². The first-order valence-corrected chi connectivity index (χ1v) is 10.1. The number of nitrogens with zero attached hydrogens (tertiary/aromatic N) is 1. The molecule has 2 aromatic rings. The molecule has 1 aliphatic rings. The van der Waals surface area contributed by atoms with E-state index in [1.54, 1.807) is 7.11 Å². The molecule has 0 bridgehead atoms. The van der Waals surface area contributed by atoms with Crippen LogP contribution in [0.3, 0.4) is 0 Å². The van der Waals surface area contributed by atoms with Crippen LogP contribution in [-0.2, 0) is 4.79 Å². The van der Waals surface area contributed by atoms with Crippen LogP contribution in [-0.4, -0.2) is 36.2 Å². The first kappa shape index (κ1) is 19.4. The molecule has 4 nitrogen and oxygen atoms in total. The van der Waals surface area contributed by atoms with Gasteiger partial charge in [0, 0.05) is 21.1 Å². The average Bonchev–Trinajstić information content (AvgIpc) is 2.64. The number of carbonyl (C=O) groups is 1. The molecule has 1 heterocycles. The Morgan fingerprint density at radius 2 is 2.00 bits per heavy atom. The Morgan fingerprint density at radius 1 is 1.23 bits per heavy atom. The highest BCUT2D eigenvalue weighted by molar-refractivity contribution is 9.10. The lowest BCUT2D eigenvalue weighted by atomic mass is 9.91. The molecular weight excluding hydrogens is 462 g/mol. The largest absolute Gasteiger partial charge is 0.496 e. The fourth-order valence-electron chi connectivity index (χ4n) is 3.62. The number of halogens is 2. The van der Waals surface area contributed by atoms with E-state index in [2.05, 4.69) is 48.9 Å². The summed E-state index contributed by atoms with van der Waals surface area (Å²) in [5.74, 6) is -0.264. The third-order valence-electron chi connectivity index (χ3n) is 4.85. The monoisotopic (exact) mass is 481 g/mol. The van der Waals surface area contributed by atoms with E-state index in [-0.39, 0.29) is 12.0 Å². The lowest BCUT2D eigenvalue weighted by Crippen LogP contribution is -2.41. The zero-order valence-electron chi connectivity index (χ0n) is 14.5. The molecule has 2 atom stereocenters. The molecule has 1 saturated heterocycles. The highest BCUT2D eigenvalue weighted by Crippen LogP contribution is 2.40. The SMILES string of the molecule is COc1ccc(Br)cc1C(c1ccccc1Br)N1CCCC(C(=O)O)C1. The quantitative estimate of drug-likeness (QED) is 0.643. The number of ether oxygens (including phenoxy) is 1. The number of aliphatic carboxylic acids is 1. The van der Waals surface area contributed by atoms with Gasteiger partial charge in [-0.05, 0) is 49.2 Å². The maximum Gasteiger partial charge on any atom is 0.307 e. The van der Waals surface area contributed by atoms with Gasteiger partial charge in [-0.2, -0.15) is 0 Å². The van der Waals surface area contributed by atoms with Crippen LogP contribution < -0.4 is 4.74 Å². The van der Waals surface area contributed by atoms with E-state index in [1.807, 2.05) is 30.3 Å². The summed E-state index contributed by atoms with van der Waals surface area (Å²) in [5.41, 5.74) is 2.13. The van der Waals surface area contributed by atoms with Crippen molar-refractivity contribution in [2.24, 2.45) is 5.92 Å². The van der Waals surface area contributed by atoms with E-state index < -0.39 is 5.97 Å². The summed E-state index contributed by atoms with van der Waals surface area (Å²) >= 11 is 7.24. The van der Waals surface area contributed by atoms with E-state index in [0.717, 1.165) is 45.2 Å². The molecule has 0 spiro atoms. The van der Waals surface area contributed by atoms with Crippen LogP contribution in [0.15, 0.2) is 51.4 Å². The van der Waals surface area contributed by atoms with Gasteiger partial charge in [0.15, 0.2) is 0 Å². The number of carboxylic acids is 1. The molecule has 3 rings (SSSR count). The zero-order valence-corrected chi connectivity index (χ0v) is 17.7. The molecule has 1 aliphatic heterocycles. The zero-order chi connectivity index (χ0) is 18.7. The molecule has 0 amide bonds. The van der Waals surface area contributed by atoms with E-state index in [0.29, 0.717) is 6.54 Å². The van der Waals surface area contributed by atoms with Crippen molar-refractivity contribution in [2.45, 2.75) is 18.9 Å². The Hall–Kier alpha value is -1.37. The second-order valence-electron chi connectivity index (χ2n) is 6.48. The standard InChI is InChI=1S/C20H21Br2NO3/c1-26-18-9-8-14(21)11-16(18)19(15-6-2-3-7-17(15)22)23-10-4-5-13(12-23)20(24)25/h2-3,6-9,11,13,19H,4-5,10,12H2,1H3,(H,24,25). The van der Waals surface area contributed by atoms with Gasteiger partial charge in [-0.3, -0.25) is 9.69 Å². The molecule has 26 heavy (non-hydrogen) atoms. The fraction of sp³-hybridized carbons (Fsp3) is 0.350. The van der Waals surface area contributed by atoms with Gasteiger partial charge >= 0.3 is 5.97 Å². The van der Waals surface area contributed by atoms with Gasteiger partial charge in [0.1, 0.15) is 5.75 Å². The van der Waals surface area contributed by atoms with E-state index >= 15 is 0 Å². The second kappa shape index (κ2) is 8.55. The van der Waals surface area contributed by atoms with Gasteiger partial charge in [0.05, 0.1) is 19.1 Å². The lowest BCUT2D eigenvalue weighted by molar-refractivity contribution is -0.143. The fourth-order valence-corrected chi connectivity index (χ4v) is 4.50. The molecule has 6 heteroatoms. The molecule has 0 radical (unpaired) electrons. The molecule has 138 valence electrons. The molecule has 0 aromatic heterocycles. The molecular formula is C20H21Br2NO3. The average molecular weight is 483 g/mol. The summed E-state index contributed by atoms with van der Waals surface area (Å²) in [6.45, 7) is 1.38. The minimum atomic E-state index is -0.721. The van der Waals surface area contributed by atoms with Crippen molar-refractivity contribution in [2.75, 3.05) is 20.2 Å². The predicted octanol–water partition coefficient (Wildman–Crippen LogP) is 5.11. The Morgan fingerprint density at radius 3 is 2.69 bits per heavy atom. The molecule has 2 aromatic carbocycles. The van der Waals surface area contributed by atoms with E-state index in [9.17, 15) is 9.90 Å². The topological polar surface area (TPSA) is 49.8 Å². The first-order chi connectivity index (χ1) is 12.5. The van der Waals surface area contributed by atoms with Gasteiger partial charge in [0.2, 0.25) is 0 Å².